The fourth-order valence-corrected chi connectivity index (χ4v) is 6.06. The number of para-hydroxylation sites is 1. The Balaban J connectivity index is 1.37. The van der Waals surface area contributed by atoms with Crippen LogP contribution >= 0.6 is 0 Å². The molecule has 3 atom stereocenters. The second-order valence-corrected chi connectivity index (χ2v) is 10.6. The molecular formula is C31H27N7O3. The summed E-state index contributed by atoms with van der Waals surface area (Å²) in [7, 11) is 0. The molecule has 0 radical (unpaired) electrons. The molecule has 2 bridgehead atoms. The quantitative estimate of drug-likeness (QED) is 0.367. The van der Waals surface area contributed by atoms with Crippen molar-refractivity contribution in [2.45, 2.75) is 38.4 Å². The fourth-order valence-electron chi connectivity index (χ4n) is 6.06. The van der Waals surface area contributed by atoms with E-state index in [9.17, 15) is 20.0 Å². The molecule has 4 aromatic rings. The number of piperidine rings is 1. The highest BCUT2D eigenvalue weighted by atomic mass is 16.4. The van der Waals surface area contributed by atoms with Gasteiger partial charge >= 0.3 is 5.97 Å². The average molecular weight is 546 g/mol. The van der Waals surface area contributed by atoms with E-state index in [2.05, 4.69) is 22.4 Å². The molecule has 10 heteroatoms. The van der Waals surface area contributed by atoms with Crippen LogP contribution in [0.25, 0.3) is 5.65 Å². The largest absolute Gasteiger partial charge is 0.478 e. The van der Waals surface area contributed by atoms with Gasteiger partial charge in [0.15, 0.2) is 11.4 Å². The first-order chi connectivity index (χ1) is 19.8. The Labute approximate surface area is 236 Å². The number of carboxylic acid groups (broad SMARTS) is 1. The summed E-state index contributed by atoms with van der Waals surface area (Å²) in [6.07, 6.45) is 2.68. The van der Waals surface area contributed by atoms with Crippen LogP contribution in [0, 0.1) is 29.6 Å². The number of benzene rings is 2. The van der Waals surface area contributed by atoms with Crippen molar-refractivity contribution >= 4 is 28.8 Å². The van der Waals surface area contributed by atoms with Crippen LogP contribution in [0.5, 0.6) is 0 Å². The van der Waals surface area contributed by atoms with Crippen LogP contribution < -0.4 is 20.7 Å². The standard InChI is InChI=1S/C31H27N7O3/c1-18-11-25(19(2)34-27-6-4-3-5-24(27)31(40)41)29-35-28(26(14-33)30(39)37(29)15-18)36-16-22-12-23(17-36)38(22)21-9-7-20(13-32)8-10-21/h3-11,15,19,22-23,34H,12,16-17H2,1-2H3,(H,40,41). The zero-order chi connectivity index (χ0) is 28.8. The topological polar surface area (TPSA) is 138 Å². The van der Waals surface area contributed by atoms with Gasteiger partial charge in [-0.25, -0.2) is 9.78 Å². The number of nitrogens with zero attached hydrogens (tertiary/aromatic N) is 6. The monoisotopic (exact) mass is 545 g/mol. The number of anilines is 3. The molecule has 2 aromatic carbocycles. The van der Waals surface area contributed by atoms with E-state index in [0.717, 1.165) is 23.2 Å². The first-order valence-corrected chi connectivity index (χ1v) is 13.4. The van der Waals surface area contributed by atoms with Crippen molar-refractivity contribution in [3.8, 4) is 12.1 Å². The number of pyridine rings is 1. The number of hydrogen-bond donors (Lipinski definition) is 2. The average Bonchev–Trinajstić information content (AvgIpc) is 2.97. The molecule has 3 saturated heterocycles. The van der Waals surface area contributed by atoms with Crippen molar-refractivity contribution in [2.24, 2.45) is 0 Å². The molecule has 41 heavy (non-hydrogen) atoms. The predicted octanol–water partition coefficient (Wildman–Crippen LogP) is 4.09. The van der Waals surface area contributed by atoms with E-state index in [-0.39, 0.29) is 29.3 Å². The molecule has 3 fully saturated rings. The number of rotatable bonds is 6. The molecule has 5 heterocycles. The lowest BCUT2D eigenvalue weighted by atomic mass is 9.86. The number of carbonyl (C=O) groups is 1. The number of aromatic carboxylic acids is 1. The molecule has 204 valence electrons. The highest BCUT2D eigenvalue weighted by molar-refractivity contribution is 5.94. The van der Waals surface area contributed by atoms with Crippen molar-refractivity contribution < 1.29 is 9.90 Å². The van der Waals surface area contributed by atoms with Gasteiger partial charge in [-0.15, -0.1) is 0 Å². The van der Waals surface area contributed by atoms with Crippen molar-refractivity contribution in [2.75, 3.05) is 28.2 Å². The second kappa shape index (κ2) is 10.00. The van der Waals surface area contributed by atoms with Crippen LogP contribution in [0.15, 0.2) is 65.6 Å². The molecular weight excluding hydrogens is 518 g/mol. The third-order valence-electron chi connectivity index (χ3n) is 7.97. The minimum absolute atomic E-state index is 0.00195. The van der Waals surface area contributed by atoms with E-state index in [0.29, 0.717) is 35.8 Å². The van der Waals surface area contributed by atoms with Crippen LogP contribution in [-0.2, 0) is 0 Å². The fraction of sp³-hybridized carbons (Fsp3) is 0.258. The molecule has 0 aliphatic carbocycles. The lowest BCUT2D eigenvalue weighted by Crippen LogP contribution is -2.69. The first kappa shape index (κ1) is 25.9. The minimum atomic E-state index is -1.04. The molecule has 10 nitrogen and oxygen atoms in total. The summed E-state index contributed by atoms with van der Waals surface area (Å²) in [6.45, 7) is 4.97. The van der Waals surface area contributed by atoms with E-state index in [1.807, 2.05) is 49.1 Å². The van der Waals surface area contributed by atoms with Gasteiger partial charge in [0.2, 0.25) is 0 Å². The van der Waals surface area contributed by atoms with Crippen LogP contribution in [0.3, 0.4) is 0 Å². The van der Waals surface area contributed by atoms with Gasteiger partial charge in [0, 0.05) is 48.3 Å². The van der Waals surface area contributed by atoms with Gasteiger partial charge in [0.05, 0.1) is 23.2 Å². The summed E-state index contributed by atoms with van der Waals surface area (Å²) in [5, 5.41) is 32.1. The number of fused-ring (bicyclic) bond motifs is 3. The molecule has 0 amide bonds. The highest BCUT2D eigenvalue weighted by Crippen LogP contribution is 2.39. The summed E-state index contributed by atoms with van der Waals surface area (Å²) in [6, 6.07) is 20.4. The van der Waals surface area contributed by atoms with Gasteiger partial charge in [-0.05, 0) is 68.3 Å². The van der Waals surface area contributed by atoms with Crippen LogP contribution in [0.4, 0.5) is 17.2 Å². The number of carboxylic acids is 1. The Bertz CT molecular complexity index is 1820. The Morgan fingerprint density at radius 1 is 1.10 bits per heavy atom. The Morgan fingerprint density at radius 3 is 2.46 bits per heavy atom. The van der Waals surface area contributed by atoms with Gasteiger partial charge in [0.25, 0.3) is 5.56 Å². The third kappa shape index (κ3) is 4.40. The summed E-state index contributed by atoms with van der Waals surface area (Å²) in [4.78, 5) is 34.7. The van der Waals surface area contributed by atoms with E-state index in [4.69, 9.17) is 10.2 Å². The van der Waals surface area contributed by atoms with Crippen LogP contribution in [0.1, 0.15) is 52.0 Å². The van der Waals surface area contributed by atoms with E-state index >= 15 is 0 Å². The molecule has 3 aliphatic rings. The Hall–Kier alpha value is -5.35. The normalized spacial score (nSPS) is 18.2. The van der Waals surface area contributed by atoms with Gasteiger partial charge < -0.3 is 20.2 Å². The number of nitriles is 2. The van der Waals surface area contributed by atoms with Crippen molar-refractivity contribution in [1.29, 1.82) is 10.5 Å². The van der Waals surface area contributed by atoms with E-state index in [1.165, 1.54) is 10.5 Å². The molecule has 3 unspecified atom stereocenters. The Kier molecular flexibility index (Phi) is 6.32. The van der Waals surface area contributed by atoms with E-state index in [1.54, 1.807) is 24.4 Å². The molecule has 3 aliphatic heterocycles. The maximum Gasteiger partial charge on any atom is 0.337 e. The SMILES string of the molecule is Cc1cc(C(C)Nc2ccccc2C(=O)O)c2nc(N3CC4CC(C3)N4c3ccc(C#N)cc3)c(C#N)c(=O)n2c1. The number of hydrogen-bond acceptors (Lipinski definition) is 8. The van der Waals surface area contributed by atoms with Gasteiger partial charge in [-0.3, -0.25) is 9.20 Å². The van der Waals surface area contributed by atoms with Crippen LogP contribution in [-0.4, -0.2) is 45.6 Å². The van der Waals surface area contributed by atoms with Gasteiger partial charge in [-0.2, -0.15) is 10.5 Å². The lowest BCUT2D eigenvalue weighted by molar-refractivity contribution is 0.0698. The van der Waals surface area contributed by atoms with Gasteiger partial charge in [0.1, 0.15) is 11.7 Å². The summed E-state index contributed by atoms with van der Waals surface area (Å²) in [5.41, 5.74) is 3.79. The van der Waals surface area contributed by atoms with Crippen molar-refractivity contribution in [1.82, 2.24) is 9.38 Å². The first-order valence-electron chi connectivity index (χ1n) is 13.4. The lowest BCUT2D eigenvalue weighted by Gasteiger charge is -2.58. The maximum absolute atomic E-state index is 13.6. The van der Waals surface area contributed by atoms with Gasteiger partial charge in [-0.1, -0.05) is 12.1 Å². The molecule has 2 N–H and O–H groups in total. The molecule has 0 saturated carbocycles. The summed E-state index contributed by atoms with van der Waals surface area (Å²) < 4.78 is 1.42. The molecule has 7 rings (SSSR count). The third-order valence-corrected chi connectivity index (χ3v) is 7.97. The number of aryl methyl sites for hydroxylation is 1. The second-order valence-electron chi connectivity index (χ2n) is 10.6. The number of nitrogens with one attached hydrogen (secondary N) is 1. The smallest absolute Gasteiger partial charge is 0.337 e. The Morgan fingerprint density at radius 2 is 1.80 bits per heavy atom. The predicted molar refractivity (Wildman–Crippen MR) is 154 cm³/mol. The van der Waals surface area contributed by atoms with E-state index < -0.39 is 11.5 Å². The van der Waals surface area contributed by atoms with Crippen molar-refractivity contribution in [3.63, 3.8) is 0 Å². The molecule has 0 spiro atoms. The van der Waals surface area contributed by atoms with Crippen LogP contribution in [0.2, 0.25) is 0 Å². The van der Waals surface area contributed by atoms with Crippen molar-refractivity contribution in [3.05, 3.63) is 99.0 Å². The summed E-state index contributed by atoms with van der Waals surface area (Å²) in [5.74, 6) is -0.668. The zero-order valence-corrected chi connectivity index (χ0v) is 22.6. The maximum atomic E-state index is 13.6. The zero-order valence-electron chi connectivity index (χ0n) is 22.6. The number of piperazine rings is 1. The highest BCUT2D eigenvalue weighted by Gasteiger charge is 2.45. The number of aromatic nitrogens is 2. The molecule has 2 aromatic heterocycles. The summed E-state index contributed by atoms with van der Waals surface area (Å²) >= 11 is 0. The minimum Gasteiger partial charge on any atom is -0.478 e.